The molecule has 2 heterocycles. The number of aliphatic hydroxyl groups excluding tert-OH is 4. The van der Waals surface area contributed by atoms with Crippen molar-refractivity contribution in [2.45, 2.75) is 30.6 Å². The largest absolute Gasteiger partial charge is 0.497 e. The average molecular weight is 423 g/mol. The van der Waals surface area contributed by atoms with Gasteiger partial charge in [-0.3, -0.25) is 9.78 Å². The molecule has 1 saturated heterocycles. The Kier molecular flexibility index (Phi) is 6.57. The Morgan fingerprint density at radius 2 is 1.90 bits per heavy atom. The maximum atomic E-state index is 12.2. The molecule has 0 aliphatic carbocycles. The average Bonchev–Trinajstić information content (AvgIpc) is 2.72. The molecule has 10 nitrogen and oxygen atoms in total. The monoisotopic (exact) mass is 423 g/mol. The Hall–Kier alpha value is -2.41. The van der Waals surface area contributed by atoms with Gasteiger partial charge in [-0.25, -0.2) is 4.68 Å². The first-order chi connectivity index (χ1) is 13.8. The summed E-state index contributed by atoms with van der Waals surface area (Å²) in [6, 6.07) is 7.10. The quantitative estimate of drug-likeness (QED) is 0.399. The summed E-state index contributed by atoms with van der Waals surface area (Å²) in [5, 5.41) is 43.6. The van der Waals surface area contributed by atoms with Crippen LogP contribution in [0.2, 0.25) is 0 Å². The zero-order valence-corrected chi connectivity index (χ0v) is 16.2. The molecule has 1 fully saturated rings. The van der Waals surface area contributed by atoms with Gasteiger partial charge < -0.3 is 29.9 Å². The normalized spacial score (nSPS) is 27.3. The first-order valence-electron chi connectivity index (χ1n) is 8.71. The Bertz CT molecular complexity index is 986. The maximum absolute atomic E-state index is 12.2. The Morgan fingerprint density at radius 3 is 2.52 bits per heavy atom. The predicted octanol–water partition coefficient (Wildman–Crippen LogP) is -0.548. The first-order valence-corrected chi connectivity index (χ1v) is 9.12. The third-order valence-corrected chi connectivity index (χ3v) is 4.82. The fraction of sp³-hybridized carbons (Fsp3) is 0.389. The minimum Gasteiger partial charge on any atom is -0.497 e. The smallest absolute Gasteiger partial charge is 0.277 e. The van der Waals surface area contributed by atoms with Crippen LogP contribution in [-0.4, -0.2) is 73.3 Å². The van der Waals surface area contributed by atoms with Crippen LogP contribution in [0.5, 0.6) is 5.75 Å². The molecule has 1 aromatic heterocycles. The van der Waals surface area contributed by atoms with Crippen molar-refractivity contribution in [3.05, 3.63) is 50.6 Å². The molecule has 3 rings (SSSR count). The summed E-state index contributed by atoms with van der Waals surface area (Å²) in [5.74, 6) is 0.689. The van der Waals surface area contributed by atoms with Crippen LogP contribution in [-0.2, 0) is 4.74 Å². The molecule has 11 heteroatoms. The Balaban J connectivity index is 1.93. The van der Waals surface area contributed by atoms with E-state index in [9.17, 15) is 25.2 Å². The number of aromatic nitrogens is 3. The fourth-order valence-corrected chi connectivity index (χ4v) is 3.12. The van der Waals surface area contributed by atoms with E-state index in [0.717, 1.165) is 10.2 Å². The number of methoxy groups -OCH3 is 1. The molecular formula is C18H21N3O7S. The molecule has 0 unspecified atom stereocenters. The summed E-state index contributed by atoms with van der Waals surface area (Å²) >= 11 is 5.09. The summed E-state index contributed by atoms with van der Waals surface area (Å²) in [6.07, 6.45) is -4.04. The first kappa shape index (κ1) is 21.3. The highest BCUT2D eigenvalue weighted by molar-refractivity contribution is 7.71. The van der Waals surface area contributed by atoms with E-state index in [1.54, 1.807) is 37.5 Å². The number of hydrogen-bond acceptors (Lipinski definition) is 9. The van der Waals surface area contributed by atoms with E-state index < -0.39 is 42.8 Å². The molecule has 0 saturated carbocycles. The number of aromatic amines is 1. The van der Waals surface area contributed by atoms with E-state index in [-0.39, 0.29) is 10.5 Å². The predicted molar refractivity (Wildman–Crippen MR) is 105 cm³/mol. The van der Waals surface area contributed by atoms with Crippen molar-refractivity contribution in [3.63, 3.8) is 0 Å². The van der Waals surface area contributed by atoms with Crippen molar-refractivity contribution in [1.82, 2.24) is 14.8 Å². The lowest BCUT2D eigenvalue weighted by Gasteiger charge is -2.40. The van der Waals surface area contributed by atoms with Gasteiger partial charge in [0.1, 0.15) is 35.9 Å². The van der Waals surface area contributed by atoms with E-state index in [1.165, 1.54) is 6.08 Å². The minimum atomic E-state index is -1.60. The number of rotatable bonds is 5. The molecule has 29 heavy (non-hydrogen) atoms. The molecule has 156 valence electrons. The molecule has 1 aliphatic rings. The summed E-state index contributed by atoms with van der Waals surface area (Å²) in [4.78, 5) is 14.6. The van der Waals surface area contributed by atoms with Gasteiger partial charge in [-0.1, -0.05) is 18.2 Å². The van der Waals surface area contributed by atoms with Gasteiger partial charge in [-0.15, -0.1) is 0 Å². The number of aliphatic hydroxyl groups is 4. The molecule has 0 spiro atoms. The van der Waals surface area contributed by atoms with Crippen molar-refractivity contribution in [1.29, 1.82) is 0 Å². The SMILES string of the molecule is COc1ccc(/C=C/c2nn([C@@H]3O[C@H](CO)[C@@H](O)[C@H](O)[C@H]3O)c(=S)[nH]c2=O)cc1. The van der Waals surface area contributed by atoms with Crippen molar-refractivity contribution in [3.8, 4) is 5.75 Å². The van der Waals surface area contributed by atoms with Crippen molar-refractivity contribution in [2.75, 3.05) is 13.7 Å². The van der Waals surface area contributed by atoms with Gasteiger partial charge in [-0.2, -0.15) is 5.10 Å². The van der Waals surface area contributed by atoms with E-state index in [2.05, 4.69) is 10.1 Å². The number of hydrogen-bond donors (Lipinski definition) is 5. The van der Waals surface area contributed by atoms with E-state index in [4.69, 9.17) is 21.7 Å². The molecule has 5 N–H and O–H groups in total. The Morgan fingerprint density at radius 1 is 1.21 bits per heavy atom. The van der Waals surface area contributed by atoms with Crippen LogP contribution in [0.1, 0.15) is 17.5 Å². The summed E-state index contributed by atoms with van der Waals surface area (Å²) < 4.78 is 11.4. The van der Waals surface area contributed by atoms with Crippen molar-refractivity contribution >= 4 is 24.4 Å². The fourth-order valence-electron chi connectivity index (χ4n) is 2.88. The number of nitrogens with one attached hydrogen (secondary N) is 1. The van der Waals surface area contributed by atoms with Crippen LogP contribution in [0.4, 0.5) is 0 Å². The van der Waals surface area contributed by atoms with Crippen molar-refractivity contribution in [2.24, 2.45) is 0 Å². The van der Waals surface area contributed by atoms with Gasteiger partial charge in [-0.05, 0) is 36.0 Å². The molecule has 0 amide bonds. The second kappa shape index (κ2) is 8.95. The standard InChI is InChI=1S/C18H21N3O7S/c1-27-10-5-2-9(3-6-10)4-7-11-16(26)19-18(29)21(20-11)17-15(25)14(24)13(23)12(8-22)28-17/h2-7,12-15,17,22-25H,8H2,1H3,(H,19,26,29)/b7-4+/t12-,13-,14+,15-,17-/m1/s1. The van der Waals surface area contributed by atoms with Crippen LogP contribution in [0, 0.1) is 4.77 Å². The lowest BCUT2D eigenvalue weighted by molar-refractivity contribution is -0.254. The van der Waals surface area contributed by atoms with E-state index >= 15 is 0 Å². The molecule has 0 bridgehead atoms. The maximum Gasteiger partial charge on any atom is 0.277 e. The Labute approximate surface area is 170 Å². The zero-order valence-electron chi connectivity index (χ0n) is 15.4. The molecule has 5 atom stereocenters. The number of nitrogens with zero attached hydrogens (tertiary/aromatic N) is 2. The van der Waals surface area contributed by atoms with Crippen LogP contribution in [0.15, 0.2) is 29.1 Å². The summed E-state index contributed by atoms with van der Waals surface area (Å²) in [5.41, 5.74) is 0.209. The van der Waals surface area contributed by atoms with Crippen LogP contribution in [0.25, 0.3) is 12.2 Å². The molecule has 0 radical (unpaired) electrons. The number of benzene rings is 1. The zero-order chi connectivity index (χ0) is 21.1. The summed E-state index contributed by atoms with van der Waals surface area (Å²) in [7, 11) is 1.56. The van der Waals surface area contributed by atoms with E-state index in [1.807, 2.05) is 0 Å². The van der Waals surface area contributed by atoms with Crippen LogP contribution in [0.3, 0.4) is 0 Å². The highest BCUT2D eigenvalue weighted by Crippen LogP contribution is 2.27. The van der Waals surface area contributed by atoms with Crippen LogP contribution >= 0.6 is 12.2 Å². The number of H-pyrrole nitrogens is 1. The second-order valence-electron chi connectivity index (χ2n) is 6.42. The van der Waals surface area contributed by atoms with Crippen LogP contribution < -0.4 is 10.3 Å². The van der Waals surface area contributed by atoms with Gasteiger partial charge in [0.15, 0.2) is 11.0 Å². The second-order valence-corrected chi connectivity index (χ2v) is 6.80. The topological polar surface area (TPSA) is 150 Å². The molecule has 1 aromatic carbocycles. The highest BCUT2D eigenvalue weighted by atomic mass is 32.1. The molecule has 2 aromatic rings. The lowest BCUT2D eigenvalue weighted by Crippen LogP contribution is -2.57. The van der Waals surface area contributed by atoms with Gasteiger partial charge in [0.25, 0.3) is 5.56 Å². The third-order valence-electron chi connectivity index (χ3n) is 4.53. The highest BCUT2D eigenvalue weighted by Gasteiger charge is 2.44. The molecular weight excluding hydrogens is 402 g/mol. The minimum absolute atomic E-state index is 0.0219. The van der Waals surface area contributed by atoms with Gasteiger partial charge >= 0.3 is 0 Å². The van der Waals surface area contributed by atoms with Gasteiger partial charge in [0, 0.05) is 0 Å². The van der Waals surface area contributed by atoms with Gasteiger partial charge in [0.2, 0.25) is 0 Å². The van der Waals surface area contributed by atoms with Crippen molar-refractivity contribution < 1.29 is 29.9 Å². The summed E-state index contributed by atoms with van der Waals surface area (Å²) in [6.45, 7) is -0.595. The van der Waals surface area contributed by atoms with E-state index in [0.29, 0.717) is 5.75 Å². The molecule has 1 aliphatic heterocycles. The van der Waals surface area contributed by atoms with Gasteiger partial charge in [0.05, 0.1) is 13.7 Å². The third kappa shape index (κ3) is 4.45. The lowest BCUT2D eigenvalue weighted by atomic mass is 9.98. The number of ether oxygens (including phenoxy) is 2.